The maximum atomic E-state index is 4.94. The van der Waals surface area contributed by atoms with Crippen LogP contribution in [0.1, 0.15) is 12.5 Å². The van der Waals surface area contributed by atoms with Crippen LogP contribution in [0.2, 0.25) is 0 Å². The van der Waals surface area contributed by atoms with Gasteiger partial charge in [-0.3, -0.25) is 0 Å². The summed E-state index contributed by atoms with van der Waals surface area (Å²) in [6.07, 6.45) is 1.06. The quantitative estimate of drug-likeness (QED) is 0.815. The van der Waals surface area contributed by atoms with Crippen LogP contribution < -0.4 is 0 Å². The minimum atomic E-state index is 0.659. The second-order valence-corrected chi connectivity index (χ2v) is 3.85. The predicted molar refractivity (Wildman–Crippen MR) is 59.0 cm³/mol. The molecule has 2 aromatic rings. The third-order valence-electron chi connectivity index (χ3n) is 2.14. The molecule has 0 aliphatic carbocycles. The summed E-state index contributed by atoms with van der Waals surface area (Å²) in [6, 6.07) is 10.2. The molecule has 3 heteroatoms. The van der Waals surface area contributed by atoms with E-state index in [0.717, 1.165) is 17.7 Å². The molecule has 0 saturated carbocycles. The molecule has 0 bridgehead atoms. The minimum Gasteiger partial charge on any atom is -0.349 e. The van der Waals surface area contributed by atoms with E-state index in [1.165, 1.54) is 5.56 Å². The van der Waals surface area contributed by atoms with Gasteiger partial charge in [0.15, 0.2) is 0 Å². The molecule has 1 aromatic heterocycles. The van der Waals surface area contributed by atoms with E-state index in [9.17, 15) is 0 Å². The van der Waals surface area contributed by atoms with Crippen molar-refractivity contribution in [3.05, 3.63) is 40.6 Å². The van der Waals surface area contributed by atoms with Crippen molar-refractivity contribution in [3.8, 4) is 11.3 Å². The van der Waals surface area contributed by atoms with E-state index in [1.54, 1.807) is 0 Å². The summed E-state index contributed by atoms with van der Waals surface area (Å²) in [5.74, 6) is 0. The molecule has 0 N–H and O–H groups in total. The topological polar surface area (TPSA) is 26.0 Å². The maximum absolute atomic E-state index is 4.94. The van der Waals surface area contributed by atoms with E-state index in [-0.39, 0.29) is 0 Å². The van der Waals surface area contributed by atoms with Crippen molar-refractivity contribution < 1.29 is 4.52 Å². The molecule has 1 heterocycles. The first-order valence-corrected chi connectivity index (χ1v) is 5.30. The summed E-state index contributed by atoms with van der Waals surface area (Å²) in [4.78, 5) is 0. The zero-order chi connectivity index (χ0) is 9.97. The fourth-order valence-electron chi connectivity index (χ4n) is 1.30. The highest BCUT2D eigenvalue weighted by atomic mass is 79.9. The lowest BCUT2D eigenvalue weighted by molar-refractivity contribution is 0.402. The van der Waals surface area contributed by atoms with Crippen molar-refractivity contribution in [1.82, 2.24) is 5.16 Å². The van der Waals surface area contributed by atoms with E-state index < -0.39 is 0 Å². The van der Waals surface area contributed by atoms with Crippen LogP contribution in [0.15, 0.2) is 39.5 Å². The lowest BCUT2D eigenvalue weighted by Crippen LogP contribution is -1.80. The van der Waals surface area contributed by atoms with Gasteiger partial charge in [-0.1, -0.05) is 36.3 Å². The van der Waals surface area contributed by atoms with Gasteiger partial charge in [-0.2, -0.15) is 0 Å². The molecule has 0 aliphatic heterocycles. The van der Waals surface area contributed by atoms with Crippen LogP contribution in [0.4, 0.5) is 0 Å². The van der Waals surface area contributed by atoms with E-state index in [4.69, 9.17) is 4.52 Å². The molecule has 0 atom stereocenters. The highest BCUT2D eigenvalue weighted by Gasteiger charge is 2.03. The SMILES string of the molecule is CCc1ccc(-c2cc(Br)on2)cc1. The molecule has 0 aliphatic rings. The van der Waals surface area contributed by atoms with Gasteiger partial charge >= 0.3 is 0 Å². The number of aryl methyl sites for hydroxylation is 1. The van der Waals surface area contributed by atoms with Crippen molar-refractivity contribution >= 4 is 15.9 Å². The highest BCUT2D eigenvalue weighted by molar-refractivity contribution is 9.10. The number of hydrogen-bond donors (Lipinski definition) is 0. The molecule has 1 aromatic carbocycles. The van der Waals surface area contributed by atoms with Gasteiger partial charge < -0.3 is 4.52 Å². The third-order valence-corrected chi connectivity index (χ3v) is 2.51. The van der Waals surface area contributed by atoms with Crippen molar-refractivity contribution in [2.75, 3.05) is 0 Å². The summed E-state index contributed by atoms with van der Waals surface area (Å²) in [7, 11) is 0. The first kappa shape index (κ1) is 9.46. The Labute approximate surface area is 91.1 Å². The fraction of sp³-hybridized carbons (Fsp3) is 0.182. The first-order valence-electron chi connectivity index (χ1n) is 4.51. The van der Waals surface area contributed by atoms with Crippen molar-refractivity contribution in [3.63, 3.8) is 0 Å². The Morgan fingerprint density at radius 2 is 2.00 bits per heavy atom. The summed E-state index contributed by atoms with van der Waals surface area (Å²) in [5, 5.41) is 3.92. The number of nitrogens with zero attached hydrogens (tertiary/aromatic N) is 1. The average molecular weight is 252 g/mol. The van der Waals surface area contributed by atoms with Crippen LogP contribution in [0.3, 0.4) is 0 Å². The van der Waals surface area contributed by atoms with E-state index in [1.807, 2.05) is 6.07 Å². The summed E-state index contributed by atoms with van der Waals surface area (Å²) < 4.78 is 5.60. The van der Waals surface area contributed by atoms with E-state index in [0.29, 0.717) is 4.67 Å². The fourth-order valence-corrected chi connectivity index (χ4v) is 1.59. The Bertz CT molecular complexity index is 419. The molecular formula is C11H10BrNO. The number of aromatic nitrogens is 1. The van der Waals surface area contributed by atoms with Crippen molar-refractivity contribution in [1.29, 1.82) is 0 Å². The Morgan fingerprint density at radius 1 is 1.29 bits per heavy atom. The molecule has 14 heavy (non-hydrogen) atoms. The number of halogens is 1. The minimum absolute atomic E-state index is 0.659. The Morgan fingerprint density at radius 3 is 2.50 bits per heavy atom. The molecule has 2 nitrogen and oxygen atoms in total. The zero-order valence-electron chi connectivity index (χ0n) is 7.83. The van der Waals surface area contributed by atoms with Crippen molar-refractivity contribution in [2.45, 2.75) is 13.3 Å². The van der Waals surface area contributed by atoms with Crippen LogP contribution in [-0.4, -0.2) is 5.16 Å². The second kappa shape index (κ2) is 3.96. The third kappa shape index (κ3) is 1.87. The van der Waals surface area contributed by atoms with Gasteiger partial charge in [0.25, 0.3) is 0 Å². The van der Waals surface area contributed by atoms with Gasteiger partial charge in [-0.05, 0) is 27.9 Å². The van der Waals surface area contributed by atoms with E-state index >= 15 is 0 Å². The van der Waals surface area contributed by atoms with Gasteiger partial charge in [-0.25, -0.2) is 0 Å². The molecule has 0 spiro atoms. The molecule has 72 valence electrons. The molecule has 2 rings (SSSR count). The summed E-state index contributed by atoms with van der Waals surface area (Å²) in [6.45, 7) is 2.14. The Hall–Kier alpha value is -1.09. The predicted octanol–water partition coefficient (Wildman–Crippen LogP) is 3.67. The van der Waals surface area contributed by atoms with Crippen LogP contribution in [0.25, 0.3) is 11.3 Å². The number of hydrogen-bond acceptors (Lipinski definition) is 2. The number of rotatable bonds is 2. The molecular weight excluding hydrogens is 242 g/mol. The van der Waals surface area contributed by atoms with Gasteiger partial charge in [-0.15, -0.1) is 0 Å². The molecule has 0 fully saturated rings. The van der Waals surface area contributed by atoms with Gasteiger partial charge in [0.05, 0.1) is 0 Å². The standard InChI is InChI=1S/C11H10BrNO/c1-2-8-3-5-9(6-4-8)10-7-11(12)14-13-10/h3-7H,2H2,1H3. The van der Waals surface area contributed by atoms with Gasteiger partial charge in [0.1, 0.15) is 5.69 Å². The largest absolute Gasteiger partial charge is 0.349 e. The normalized spacial score (nSPS) is 10.4. The zero-order valence-corrected chi connectivity index (χ0v) is 9.41. The van der Waals surface area contributed by atoms with Gasteiger partial charge in [0.2, 0.25) is 4.67 Å². The van der Waals surface area contributed by atoms with Crippen LogP contribution in [0, 0.1) is 0 Å². The molecule has 0 amide bonds. The van der Waals surface area contributed by atoms with Crippen molar-refractivity contribution in [2.24, 2.45) is 0 Å². The van der Waals surface area contributed by atoms with Crippen LogP contribution in [0.5, 0.6) is 0 Å². The smallest absolute Gasteiger partial charge is 0.202 e. The molecule has 0 radical (unpaired) electrons. The number of benzene rings is 1. The van der Waals surface area contributed by atoms with E-state index in [2.05, 4.69) is 52.3 Å². The lowest BCUT2D eigenvalue weighted by Gasteiger charge is -1.97. The van der Waals surface area contributed by atoms with Crippen LogP contribution >= 0.6 is 15.9 Å². The maximum Gasteiger partial charge on any atom is 0.202 e. The second-order valence-electron chi connectivity index (χ2n) is 3.07. The highest BCUT2D eigenvalue weighted by Crippen LogP contribution is 2.22. The summed E-state index contributed by atoms with van der Waals surface area (Å²) >= 11 is 3.23. The lowest BCUT2D eigenvalue weighted by atomic mass is 10.1. The Balaban J connectivity index is 2.33. The molecule has 0 unspecified atom stereocenters. The molecule has 0 saturated heterocycles. The Kier molecular flexibility index (Phi) is 2.68. The summed E-state index contributed by atoms with van der Waals surface area (Å²) in [5.41, 5.74) is 3.27. The average Bonchev–Trinajstić information content (AvgIpc) is 2.65. The van der Waals surface area contributed by atoms with Crippen LogP contribution in [-0.2, 0) is 6.42 Å². The monoisotopic (exact) mass is 251 g/mol. The van der Waals surface area contributed by atoms with Gasteiger partial charge in [0, 0.05) is 11.6 Å². The first-order chi connectivity index (χ1) is 6.79.